The molecule has 4 rings (SSSR count). The highest BCUT2D eigenvalue weighted by molar-refractivity contribution is 7.89. The van der Waals surface area contributed by atoms with Gasteiger partial charge in [0, 0.05) is 36.7 Å². The molecule has 0 radical (unpaired) electrons. The summed E-state index contributed by atoms with van der Waals surface area (Å²) in [5, 5.41) is 0.530. The third-order valence-corrected chi connectivity index (χ3v) is 6.09. The van der Waals surface area contributed by atoms with E-state index in [1.807, 2.05) is 12.1 Å². The zero-order chi connectivity index (χ0) is 19.7. The number of carbonyl (C=O) groups excluding carboxylic acids is 1. The monoisotopic (exact) mass is 398 g/mol. The van der Waals surface area contributed by atoms with Gasteiger partial charge in [-0.3, -0.25) is 4.79 Å². The highest BCUT2D eigenvalue weighted by atomic mass is 32.2. The number of nitrogens with zero attached hydrogens (tertiary/aromatic N) is 1. The van der Waals surface area contributed by atoms with Crippen LogP contribution in [0, 0.1) is 0 Å². The number of sulfonamides is 1. The Morgan fingerprint density at radius 1 is 1.00 bits per heavy atom. The van der Waals surface area contributed by atoms with Gasteiger partial charge < -0.3 is 9.32 Å². The topological polar surface area (TPSA) is 96.7 Å². The number of hydrogen-bond donors (Lipinski definition) is 1. The maximum atomic E-state index is 12.6. The minimum Gasteiger partial charge on any atom is -0.423 e. The van der Waals surface area contributed by atoms with Crippen LogP contribution in [0.2, 0.25) is 0 Å². The summed E-state index contributed by atoms with van der Waals surface area (Å²) in [6, 6.07) is 14.4. The third kappa shape index (κ3) is 3.69. The first kappa shape index (κ1) is 18.4. The number of anilines is 1. The van der Waals surface area contributed by atoms with Crippen molar-refractivity contribution in [3.63, 3.8) is 0 Å². The van der Waals surface area contributed by atoms with Crippen LogP contribution in [0.15, 0.2) is 68.7 Å². The van der Waals surface area contributed by atoms with E-state index in [1.54, 1.807) is 17.0 Å². The molecule has 0 aliphatic carbocycles. The molecule has 0 spiro atoms. The maximum absolute atomic E-state index is 12.6. The van der Waals surface area contributed by atoms with Crippen LogP contribution in [-0.2, 0) is 21.4 Å². The smallest absolute Gasteiger partial charge is 0.336 e. The van der Waals surface area contributed by atoms with Gasteiger partial charge in [-0.05, 0) is 48.4 Å². The fraction of sp³-hybridized carbons (Fsp3) is 0.200. The minimum absolute atomic E-state index is 0.0909. The number of nitrogens with one attached hydrogen (secondary N) is 1. The molecule has 1 amide bonds. The zero-order valence-corrected chi connectivity index (χ0v) is 15.7. The predicted molar refractivity (Wildman–Crippen MR) is 105 cm³/mol. The number of amides is 1. The Hall–Kier alpha value is -2.97. The standard InChI is InChI=1S/C20H18N2O5S/c23-19-2-1-11-22(19)16-6-3-14(4-7-16)13-21-28(25,26)17-8-9-18-15(12-17)5-10-20(24)27-18/h3-10,12,21H,1-2,11,13H2. The molecule has 1 aromatic heterocycles. The lowest BCUT2D eigenvalue weighted by Crippen LogP contribution is -2.24. The molecule has 144 valence electrons. The van der Waals surface area contributed by atoms with Gasteiger partial charge in [0.05, 0.1) is 4.90 Å². The lowest BCUT2D eigenvalue weighted by Gasteiger charge is -2.16. The Morgan fingerprint density at radius 3 is 2.50 bits per heavy atom. The largest absolute Gasteiger partial charge is 0.423 e. The number of fused-ring (bicyclic) bond motifs is 1. The first-order chi connectivity index (χ1) is 13.4. The molecule has 0 atom stereocenters. The SMILES string of the molecule is O=C1CCCN1c1ccc(CNS(=O)(=O)c2ccc3oc(=O)ccc3c2)cc1. The van der Waals surface area contributed by atoms with Crippen LogP contribution in [0.25, 0.3) is 11.0 Å². The van der Waals surface area contributed by atoms with Crippen molar-refractivity contribution < 1.29 is 17.6 Å². The third-order valence-electron chi connectivity index (χ3n) is 4.69. The van der Waals surface area contributed by atoms with Gasteiger partial charge in [0.1, 0.15) is 5.58 Å². The molecule has 8 heteroatoms. The first-order valence-corrected chi connectivity index (χ1v) is 10.3. The fourth-order valence-corrected chi connectivity index (χ4v) is 4.25. The molecular formula is C20H18N2O5S. The van der Waals surface area contributed by atoms with E-state index in [1.165, 1.54) is 30.3 Å². The molecule has 7 nitrogen and oxygen atoms in total. The molecule has 1 aliphatic heterocycles. The highest BCUT2D eigenvalue weighted by Crippen LogP contribution is 2.22. The molecule has 3 aromatic rings. The molecule has 1 fully saturated rings. The van der Waals surface area contributed by atoms with E-state index in [-0.39, 0.29) is 17.3 Å². The van der Waals surface area contributed by atoms with E-state index in [9.17, 15) is 18.0 Å². The number of carbonyl (C=O) groups is 1. The summed E-state index contributed by atoms with van der Waals surface area (Å²) in [4.78, 5) is 24.9. The van der Waals surface area contributed by atoms with Gasteiger partial charge in [-0.25, -0.2) is 17.9 Å². The van der Waals surface area contributed by atoms with Crippen LogP contribution in [0.3, 0.4) is 0 Å². The quantitative estimate of drug-likeness (QED) is 0.666. The van der Waals surface area contributed by atoms with Crippen LogP contribution < -0.4 is 15.2 Å². The summed E-state index contributed by atoms with van der Waals surface area (Å²) in [5.41, 5.74) is 1.45. The molecule has 1 saturated heterocycles. The van der Waals surface area contributed by atoms with Crippen molar-refractivity contribution in [2.45, 2.75) is 24.3 Å². The van der Waals surface area contributed by atoms with Crippen molar-refractivity contribution in [2.75, 3.05) is 11.4 Å². The lowest BCUT2D eigenvalue weighted by molar-refractivity contribution is -0.117. The van der Waals surface area contributed by atoms with Gasteiger partial charge >= 0.3 is 5.63 Å². The van der Waals surface area contributed by atoms with Crippen molar-refractivity contribution in [1.82, 2.24) is 4.72 Å². The molecule has 0 saturated carbocycles. The Morgan fingerprint density at radius 2 is 1.79 bits per heavy atom. The Bertz CT molecular complexity index is 1200. The van der Waals surface area contributed by atoms with E-state index in [0.29, 0.717) is 23.9 Å². The van der Waals surface area contributed by atoms with Gasteiger partial charge in [-0.2, -0.15) is 0 Å². The molecule has 0 unspecified atom stereocenters. The second kappa shape index (κ2) is 7.21. The van der Waals surface area contributed by atoms with Crippen LogP contribution in [-0.4, -0.2) is 20.9 Å². The van der Waals surface area contributed by atoms with Gasteiger partial charge in [-0.15, -0.1) is 0 Å². The van der Waals surface area contributed by atoms with Crippen LogP contribution in [0.4, 0.5) is 5.69 Å². The highest BCUT2D eigenvalue weighted by Gasteiger charge is 2.21. The summed E-state index contributed by atoms with van der Waals surface area (Å²) >= 11 is 0. The average molecular weight is 398 g/mol. The normalized spacial score (nSPS) is 14.7. The van der Waals surface area contributed by atoms with E-state index in [2.05, 4.69) is 4.72 Å². The van der Waals surface area contributed by atoms with Crippen molar-refractivity contribution in [3.05, 3.63) is 70.6 Å². The summed E-state index contributed by atoms with van der Waals surface area (Å²) in [7, 11) is -3.73. The predicted octanol–water partition coefficient (Wildman–Crippen LogP) is 2.40. The second-order valence-corrected chi connectivity index (χ2v) is 8.36. The molecule has 2 aromatic carbocycles. The summed E-state index contributed by atoms with van der Waals surface area (Å²) in [6.45, 7) is 0.839. The zero-order valence-electron chi connectivity index (χ0n) is 14.9. The van der Waals surface area contributed by atoms with Crippen molar-refractivity contribution in [3.8, 4) is 0 Å². The average Bonchev–Trinajstić information content (AvgIpc) is 3.12. The first-order valence-electron chi connectivity index (χ1n) is 8.85. The van der Waals surface area contributed by atoms with Crippen LogP contribution in [0.1, 0.15) is 18.4 Å². The van der Waals surface area contributed by atoms with E-state index < -0.39 is 15.6 Å². The number of benzene rings is 2. The Balaban J connectivity index is 1.48. The number of rotatable bonds is 5. The van der Waals surface area contributed by atoms with Crippen LogP contribution >= 0.6 is 0 Å². The van der Waals surface area contributed by atoms with E-state index in [0.717, 1.165) is 17.7 Å². The Kier molecular flexibility index (Phi) is 4.74. The second-order valence-electron chi connectivity index (χ2n) is 6.59. The van der Waals surface area contributed by atoms with Crippen LogP contribution in [0.5, 0.6) is 0 Å². The molecule has 0 bridgehead atoms. The summed E-state index contributed by atoms with van der Waals surface area (Å²) in [6.07, 6.45) is 1.42. The van der Waals surface area contributed by atoms with Gasteiger partial charge in [0.2, 0.25) is 15.9 Å². The fourth-order valence-electron chi connectivity index (χ4n) is 3.19. The summed E-state index contributed by atoms with van der Waals surface area (Å²) < 4.78 is 32.7. The molecule has 2 heterocycles. The molecule has 1 aliphatic rings. The van der Waals surface area contributed by atoms with E-state index in [4.69, 9.17) is 4.42 Å². The van der Waals surface area contributed by atoms with E-state index >= 15 is 0 Å². The summed E-state index contributed by atoms with van der Waals surface area (Å²) in [5.74, 6) is 0.112. The van der Waals surface area contributed by atoms with Crippen molar-refractivity contribution in [2.24, 2.45) is 0 Å². The van der Waals surface area contributed by atoms with Crippen molar-refractivity contribution >= 4 is 32.6 Å². The molecular weight excluding hydrogens is 380 g/mol. The van der Waals surface area contributed by atoms with Gasteiger partial charge in [0.25, 0.3) is 0 Å². The Labute approximate surface area is 161 Å². The lowest BCUT2D eigenvalue weighted by atomic mass is 10.2. The van der Waals surface area contributed by atoms with Gasteiger partial charge in [0.15, 0.2) is 0 Å². The minimum atomic E-state index is -3.73. The molecule has 28 heavy (non-hydrogen) atoms. The van der Waals surface area contributed by atoms with Crippen molar-refractivity contribution in [1.29, 1.82) is 0 Å². The number of hydrogen-bond acceptors (Lipinski definition) is 5. The molecule has 1 N–H and O–H groups in total. The van der Waals surface area contributed by atoms with Gasteiger partial charge in [-0.1, -0.05) is 12.1 Å². The maximum Gasteiger partial charge on any atom is 0.336 e.